The molecule has 1 amide bonds. The van der Waals surface area contributed by atoms with E-state index in [0.29, 0.717) is 12.3 Å². The van der Waals surface area contributed by atoms with Gasteiger partial charge in [0.1, 0.15) is 5.75 Å². The number of ether oxygens (including phenoxy) is 2. The van der Waals surface area contributed by atoms with Crippen LogP contribution in [0.1, 0.15) is 17.5 Å². The molecule has 3 rings (SSSR count). The zero-order valence-corrected chi connectivity index (χ0v) is 15.6. The number of piperidine rings is 1. The van der Waals surface area contributed by atoms with Crippen LogP contribution in [0.4, 0.5) is 0 Å². The predicted molar refractivity (Wildman–Crippen MR) is 102 cm³/mol. The fourth-order valence-electron chi connectivity index (χ4n) is 3.69. The molecule has 1 aliphatic rings. The fraction of sp³-hybridized carbons (Fsp3) is 0.409. The number of hydrogen-bond donors (Lipinski definition) is 0. The van der Waals surface area contributed by atoms with Gasteiger partial charge >= 0.3 is 0 Å². The molecular weight excluding hydrogens is 326 g/mol. The van der Waals surface area contributed by atoms with Crippen molar-refractivity contribution in [3.63, 3.8) is 0 Å². The average Bonchev–Trinajstić information content (AvgIpc) is 2.69. The van der Waals surface area contributed by atoms with Gasteiger partial charge in [0.15, 0.2) is 0 Å². The summed E-state index contributed by atoms with van der Waals surface area (Å²) in [5, 5.41) is 0. The highest BCUT2D eigenvalue weighted by Gasteiger charge is 2.31. The van der Waals surface area contributed by atoms with Crippen LogP contribution in [0.3, 0.4) is 0 Å². The average molecular weight is 353 g/mol. The van der Waals surface area contributed by atoms with Crippen LogP contribution in [0, 0.1) is 5.92 Å². The first-order valence-electron chi connectivity index (χ1n) is 9.17. The van der Waals surface area contributed by atoms with Crippen LogP contribution in [0.25, 0.3) is 0 Å². The smallest absolute Gasteiger partial charge is 0.227 e. The SMILES string of the molecule is COc1ccc(CC(=O)N2CC[C@@H](OC)[C@@H](Cc3ccccc3)C2)cc1. The Balaban J connectivity index is 1.63. The lowest BCUT2D eigenvalue weighted by Gasteiger charge is -2.38. The van der Waals surface area contributed by atoms with Gasteiger partial charge in [0.2, 0.25) is 5.91 Å². The molecule has 26 heavy (non-hydrogen) atoms. The van der Waals surface area contributed by atoms with E-state index < -0.39 is 0 Å². The molecule has 0 spiro atoms. The van der Waals surface area contributed by atoms with E-state index in [1.165, 1.54) is 5.56 Å². The molecule has 2 aromatic rings. The van der Waals surface area contributed by atoms with E-state index in [0.717, 1.165) is 37.2 Å². The second kappa shape index (κ2) is 8.86. The first kappa shape index (κ1) is 18.5. The zero-order chi connectivity index (χ0) is 18.4. The number of likely N-dealkylation sites (tertiary alicyclic amines) is 1. The third-order valence-electron chi connectivity index (χ3n) is 5.17. The van der Waals surface area contributed by atoms with Crippen LogP contribution in [0.15, 0.2) is 54.6 Å². The standard InChI is InChI=1S/C22H27NO3/c1-25-20-10-8-18(9-11-20)15-22(24)23-13-12-21(26-2)19(16-23)14-17-6-4-3-5-7-17/h3-11,19,21H,12-16H2,1-2H3/t19-,21+/m0/s1. The highest BCUT2D eigenvalue weighted by molar-refractivity contribution is 5.79. The minimum Gasteiger partial charge on any atom is -0.497 e. The predicted octanol–water partition coefficient (Wildman–Crippen LogP) is 3.34. The number of benzene rings is 2. The summed E-state index contributed by atoms with van der Waals surface area (Å²) in [4.78, 5) is 14.8. The van der Waals surface area contributed by atoms with Crippen molar-refractivity contribution in [2.45, 2.75) is 25.4 Å². The molecule has 4 nitrogen and oxygen atoms in total. The Hall–Kier alpha value is -2.33. The summed E-state index contributed by atoms with van der Waals surface area (Å²) in [6, 6.07) is 18.2. The number of carbonyl (C=O) groups excluding carboxylic acids is 1. The molecule has 0 aliphatic carbocycles. The lowest BCUT2D eigenvalue weighted by molar-refractivity contribution is -0.134. The third kappa shape index (κ3) is 4.64. The molecule has 0 aromatic heterocycles. The molecule has 138 valence electrons. The maximum absolute atomic E-state index is 12.8. The largest absolute Gasteiger partial charge is 0.497 e. The van der Waals surface area contributed by atoms with Crippen LogP contribution >= 0.6 is 0 Å². The number of nitrogens with zero attached hydrogens (tertiary/aromatic N) is 1. The molecular formula is C22H27NO3. The monoisotopic (exact) mass is 353 g/mol. The second-order valence-electron chi connectivity index (χ2n) is 6.88. The Bertz CT molecular complexity index is 699. The summed E-state index contributed by atoms with van der Waals surface area (Å²) in [7, 11) is 3.42. The summed E-state index contributed by atoms with van der Waals surface area (Å²) in [5.74, 6) is 1.32. The van der Waals surface area contributed by atoms with E-state index in [1.54, 1.807) is 14.2 Å². The molecule has 2 atom stereocenters. The van der Waals surface area contributed by atoms with Crippen molar-refractivity contribution in [2.75, 3.05) is 27.3 Å². The number of methoxy groups -OCH3 is 2. The minimum absolute atomic E-state index is 0.183. The molecule has 0 bridgehead atoms. The van der Waals surface area contributed by atoms with Crippen molar-refractivity contribution in [2.24, 2.45) is 5.92 Å². The molecule has 0 unspecified atom stereocenters. The van der Waals surface area contributed by atoms with E-state index >= 15 is 0 Å². The molecule has 1 aliphatic heterocycles. The van der Waals surface area contributed by atoms with Gasteiger partial charge in [0.25, 0.3) is 0 Å². The van der Waals surface area contributed by atoms with Gasteiger partial charge in [-0.15, -0.1) is 0 Å². The van der Waals surface area contributed by atoms with Gasteiger partial charge < -0.3 is 14.4 Å². The van der Waals surface area contributed by atoms with Gasteiger partial charge in [-0.1, -0.05) is 42.5 Å². The molecule has 0 saturated carbocycles. The minimum atomic E-state index is 0.183. The van der Waals surface area contributed by atoms with Crippen molar-refractivity contribution < 1.29 is 14.3 Å². The Kier molecular flexibility index (Phi) is 6.29. The molecule has 4 heteroatoms. The molecule has 1 saturated heterocycles. The van der Waals surface area contributed by atoms with Gasteiger partial charge in [-0.05, 0) is 36.1 Å². The molecule has 0 N–H and O–H groups in total. The number of carbonyl (C=O) groups is 1. The molecule has 2 aromatic carbocycles. The summed E-state index contributed by atoms with van der Waals surface area (Å²) in [6.07, 6.45) is 2.47. The van der Waals surface area contributed by atoms with Crippen LogP contribution in [-0.4, -0.2) is 44.2 Å². The number of amides is 1. The van der Waals surface area contributed by atoms with Gasteiger partial charge in [-0.25, -0.2) is 0 Å². The van der Waals surface area contributed by atoms with Crippen molar-refractivity contribution in [3.8, 4) is 5.75 Å². The first-order chi connectivity index (χ1) is 12.7. The maximum Gasteiger partial charge on any atom is 0.227 e. The van der Waals surface area contributed by atoms with Gasteiger partial charge in [-0.2, -0.15) is 0 Å². The Morgan fingerprint density at radius 2 is 1.77 bits per heavy atom. The van der Waals surface area contributed by atoms with E-state index in [2.05, 4.69) is 24.3 Å². The summed E-state index contributed by atoms with van der Waals surface area (Å²) >= 11 is 0. The lowest BCUT2D eigenvalue weighted by Crippen LogP contribution is -2.47. The van der Waals surface area contributed by atoms with E-state index in [1.807, 2.05) is 35.2 Å². The van der Waals surface area contributed by atoms with Crippen LogP contribution in [-0.2, 0) is 22.4 Å². The fourth-order valence-corrected chi connectivity index (χ4v) is 3.69. The van der Waals surface area contributed by atoms with E-state index in [-0.39, 0.29) is 12.0 Å². The second-order valence-corrected chi connectivity index (χ2v) is 6.88. The quantitative estimate of drug-likeness (QED) is 0.799. The number of rotatable bonds is 6. The van der Waals surface area contributed by atoms with Crippen molar-refractivity contribution in [1.82, 2.24) is 4.90 Å². The summed E-state index contributed by atoms with van der Waals surface area (Å²) < 4.78 is 10.9. The van der Waals surface area contributed by atoms with Crippen molar-refractivity contribution in [1.29, 1.82) is 0 Å². The molecule has 0 radical (unpaired) electrons. The van der Waals surface area contributed by atoms with Gasteiger partial charge in [-0.3, -0.25) is 4.79 Å². The van der Waals surface area contributed by atoms with Gasteiger partial charge in [0, 0.05) is 26.1 Å². The first-order valence-corrected chi connectivity index (χ1v) is 9.17. The Labute approximate surface area is 155 Å². The highest BCUT2D eigenvalue weighted by atomic mass is 16.5. The normalized spacial score (nSPS) is 20.0. The highest BCUT2D eigenvalue weighted by Crippen LogP contribution is 2.24. The zero-order valence-electron chi connectivity index (χ0n) is 15.6. The van der Waals surface area contributed by atoms with E-state index in [9.17, 15) is 4.79 Å². The third-order valence-corrected chi connectivity index (χ3v) is 5.17. The van der Waals surface area contributed by atoms with Crippen molar-refractivity contribution >= 4 is 5.91 Å². The van der Waals surface area contributed by atoms with E-state index in [4.69, 9.17) is 9.47 Å². The Morgan fingerprint density at radius 3 is 2.42 bits per heavy atom. The number of hydrogen-bond acceptors (Lipinski definition) is 3. The summed E-state index contributed by atoms with van der Waals surface area (Å²) in [5.41, 5.74) is 2.31. The van der Waals surface area contributed by atoms with Crippen molar-refractivity contribution in [3.05, 3.63) is 65.7 Å². The maximum atomic E-state index is 12.8. The summed E-state index contributed by atoms with van der Waals surface area (Å²) in [6.45, 7) is 1.52. The van der Waals surface area contributed by atoms with Crippen LogP contribution in [0.5, 0.6) is 5.75 Å². The Morgan fingerprint density at radius 1 is 1.04 bits per heavy atom. The van der Waals surface area contributed by atoms with Crippen LogP contribution in [0.2, 0.25) is 0 Å². The van der Waals surface area contributed by atoms with Gasteiger partial charge in [0.05, 0.1) is 19.6 Å². The van der Waals surface area contributed by atoms with Crippen LogP contribution < -0.4 is 4.74 Å². The molecule has 1 fully saturated rings. The lowest BCUT2D eigenvalue weighted by atomic mass is 9.88. The topological polar surface area (TPSA) is 38.8 Å². The molecule has 1 heterocycles.